The summed E-state index contributed by atoms with van der Waals surface area (Å²) >= 11 is 0. The Kier molecular flexibility index (Phi) is 6.20. The summed E-state index contributed by atoms with van der Waals surface area (Å²) in [6, 6.07) is 7.96. The van der Waals surface area contributed by atoms with E-state index in [1.54, 1.807) is 0 Å². The summed E-state index contributed by atoms with van der Waals surface area (Å²) in [5.74, 6) is 0. The van der Waals surface area contributed by atoms with Gasteiger partial charge in [0.15, 0.2) is 0 Å². The summed E-state index contributed by atoms with van der Waals surface area (Å²) in [6.07, 6.45) is 8.91. The highest BCUT2D eigenvalue weighted by molar-refractivity contribution is 5.41. The highest BCUT2D eigenvalue weighted by Crippen LogP contribution is 2.25. The van der Waals surface area contributed by atoms with Gasteiger partial charge in [0.05, 0.1) is 0 Å². The first-order valence-electron chi connectivity index (χ1n) is 7.21. The summed E-state index contributed by atoms with van der Waals surface area (Å²) in [6.45, 7) is 4.36. The Labute approximate surface area is 112 Å². The van der Waals surface area contributed by atoms with Crippen molar-refractivity contribution < 1.29 is 0 Å². The van der Waals surface area contributed by atoms with Crippen molar-refractivity contribution in [2.75, 3.05) is 5.73 Å². The zero-order valence-corrected chi connectivity index (χ0v) is 11.9. The maximum absolute atomic E-state index is 6.39. The van der Waals surface area contributed by atoms with Crippen LogP contribution in [0.1, 0.15) is 64.4 Å². The molecule has 4 N–H and O–H groups in total. The minimum absolute atomic E-state index is 0.224. The van der Waals surface area contributed by atoms with Crippen molar-refractivity contribution in [1.82, 2.24) is 0 Å². The highest BCUT2D eigenvalue weighted by atomic mass is 14.7. The first kappa shape index (κ1) is 15.0. The largest absolute Gasteiger partial charge is 0.399 e. The van der Waals surface area contributed by atoms with Crippen molar-refractivity contribution in [1.29, 1.82) is 0 Å². The number of nitrogen functional groups attached to an aromatic ring is 1. The van der Waals surface area contributed by atoms with Gasteiger partial charge >= 0.3 is 0 Å². The van der Waals surface area contributed by atoms with Gasteiger partial charge in [0.1, 0.15) is 0 Å². The normalized spacial score (nSPS) is 14.4. The zero-order valence-electron chi connectivity index (χ0n) is 11.9. The molecule has 1 atom stereocenters. The predicted octanol–water partition coefficient (Wildman–Crippen LogP) is 4.19. The van der Waals surface area contributed by atoms with E-state index >= 15 is 0 Å². The van der Waals surface area contributed by atoms with Crippen LogP contribution in [0.5, 0.6) is 0 Å². The molecule has 102 valence electrons. The van der Waals surface area contributed by atoms with E-state index in [4.69, 9.17) is 11.5 Å². The fraction of sp³-hybridized carbons (Fsp3) is 0.625. The molecule has 0 saturated carbocycles. The van der Waals surface area contributed by atoms with Gasteiger partial charge in [-0.3, -0.25) is 0 Å². The molecule has 0 heterocycles. The molecule has 0 amide bonds. The van der Waals surface area contributed by atoms with E-state index in [1.165, 1.54) is 44.1 Å². The average Bonchev–Trinajstić information content (AvgIpc) is 2.34. The Hall–Kier alpha value is -1.02. The smallest absolute Gasteiger partial charge is 0.0381 e. The molecule has 0 radical (unpaired) electrons. The van der Waals surface area contributed by atoms with E-state index in [1.807, 2.05) is 24.3 Å². The van der Waals surface area contributed by atoms with Crippen LogP contribution in [-0.4, -0.2) is 0 Å². The number of hydrogen-bond donors (Lipinski definition) is 2. The molecule has 0 saturated heterocycles. The van der Waals surface area contributed by atoms with E-state index in [0.29, 0.717) is 0 Å². The quantitative estimate of drug-likeness (QED) is 0.535. The second kappa shape index (κ2) is 7.42. The van der Waals surface area contributed by atoms with Crippen molar-refractivity contribution in [3.05, 3.63) is 29.8 Å². The summed E-state index contributed by atoms with van der Waals surface area (Å²) in [7, 11) is 0. The van der Waals surface area contributed by atoms with E-state index in [-0.39, 0.29) is 5.54 Å². The van der Waals surface area contributed by atoms with Crippen molar-refractivity contribution in [3.8, 4) is 0 Å². The topological polar surface area (TPSA) is 52.0 Å². The fourth-order valence-corrected chi connectivity index (χ4v) is 2.28. The lowest BCUT2D eigenvalue weighted by Gasteiger charge is -2.25. The van der Waals surface area contributed by atoms with Crippen LogP contribution in [-0.2, 0) is 5.54 Å². The molecular formula is C16H28N2. The van der Waals surface area contributed by atoms with Gasteiger partial charge in [0, 0.05) is 11.2 Å². The van der Waals surface area contributed by atoms with Gasteiger partial charge in [-0.2, -0.15) is 0 Å². The Bertz CT molecular complexity index is 327. The van der Waals surface area contributed by atoms with Crippen LogP contribution < -0.4 is 11.5 Å². The monoisotopic (exact) mass is 248 g/mol. The molecule has 0 spiro atoms. The molecule has 1 unspecified atom stereocenters. The maximum atomic E-state index is 6.39. The van der Waals surface area contributed by atoms with Gasteiger partial charge in [-0.05, 0) is 31.0 Å². The lowest BCUT2D eigenvalue weighted by atomic mass is 9.87. The molecule has 2 nitrogen and oxygen atoms in total. The lowest BCUT2D eigenvalue weighted by molar-refractivity contribution is 0.421. The average molecular weight is 248 g/mol. The molecule has 1 rings (SSSR count). The molecule has 0 fully saturated rings. The minimum Gasteiger partial charge on any atom is -0.399 e. The Morgan fingerprint density at radius 1 is 0.944 bits per heavy atom. The predicted molar refractivity (Wildman–Crippen MR) is 80.4 cm³/mol. The highest BCUT2D eigenvalue weighted by Gasteiger charge is 2.19. The van der Waals surface area contributed by atoms with Crippen molar-refractivity contribution >= 4 is 5.69 Å². The van der Waals surface area contributed by atoms with Crippen LogP contribution in [0.2, 0.25) is 0 Å². The first-order chi connectivity index (χ1) is 8.56. The van der Waals surface area contributed by atoms with Crippen LogP contribution in [0.4, 0.5) is 5.69 Å². The summed E-state index contributed by atoms with van der Waals surface area (Å²) in [5, 5.41) is 0. The summed E-state index contributed by atoms with van der Waals surface area (Å²) in [4.78, 5) is 0. The second-order valence-electron chi connectivity index (χ2n) is 5.56. The van der Waals surface area contributed by atoms with E-state index < -0.39 is 0 Å². The molecule has 0 aromatic heterocycles. The van der Waals surface area contributed by atoms with Crippen molar-refractivity contribution in [2.24, 2.45) is 5.73 Å². The standard InChI is InChI=1S/C16H28N2/c1-3-4-5-6-7-8-13-16(2,18)14-9-11-15(17)12-10-14/h9-12H,3-8,13,17-18H2,1-2H3. The van der Waals surface area contributed by atoms with Crippen LogP contribution in [0, 0.1) is 0 Å². The second-order valence-corrected chi connectivity index (χ2v) is 5.56. The molecule has 0 bridgehead atoms. The Morgan fingerprint density at radius 3 is 2.11 bits per heavy atom. The number of rotatable bonds is 8. The number of hydrogen-bond acceptors (Lipinski definition) is 2. The number of benzene rings is 1. The fourth-order valence-electron chi connectivity index (χ4n) is 2.28. The summed E-state index contributed by atoms with van der Waals surface area (Å²) in [5.41, 5.74) is 13.8. The SMILES string of the molecule is CCCCCCCCC(C)(N)c1ccc(N)cc1. The number of nitrogens with two attached hydrogens (primary N) is 2. The maximum Gasteiger partial charge on any atom is 0.0381 e. The van der Waals surface area contributed by atoms with E-state index in [0.717, 1.165) is 12.1 Å². The molecule has 0 aliphatic rings. The third-order valence-corrected chi connectivity index (χ3v) is 3.62. The van der Waals surface area contributed by atoms with Crippen LogP contribution in [0.15, 0.2) is 24.3 Å². The molecule has 0 aliphatic heterocycles. The van der Waals surface area contributed by atoms with Crippen molar-refractivity contribution in [3.63, 3.8) is 0 Å². The third-order valence-electron chi connectivity index (χ3n) is 3.62. The molecule has 1 aromatic rings. The van der Waals surface area contributed by atoms with Crippen molar-refractivity contribution in [2.45, 2.75) is 64.3 Å². The Balaban J connectivity index is 2.33. The van der Waals surface area contributed by atoms with E-state index in [2.05, 4.69) is 13.8 Å². The van der Waals surface area contributed by atoms with Gasteiger partial charge in [-0.1, -0.05) is 57.6 Å². The van der Waals surface area contributed by atoms with Gasteiger partial charge in [-0.25, -0.2) is 0 Å². The molecule has 0 aliphatic carbocycles. The molecule has 1 aromatic carbocycles. The van der Waals surface area contributed by atoms with Gasteiger partial charge in [-0.15, -0.1) is 0 Å². The molecule has 2 heteroatoms. The Morgan fingerprint density at radius 2 is 1.50 bits per heavy atom. The van der Waals surface area contributed by atoms with Crippen LogP contribution in [0.25, 0.3) is 0 Å². The first-order valence-corrected chi connectivity index (χ1v) is 7.21. The lowest BCUT2D eigenvalue weighted by Crippen LogP contribution is -2.32. The third kappa shape index (κ3) is 5.09. The van der Waals surface area contributed by atoms with Crippen LogP contribution >= 0.6 is 0 Å². The zero-order chi connectivity index (χ0) is 13.4. The van der Waals surface area contributed by atoms with E-state index in [9.17, 15) is 0 Å². The number of anilines is 1. The summed E-state index contributed by atoms with van der Waals surface area (Å²) < 4.78 is 0. The molecule has 18 heavy (non-hydrogen) atoms. The number of unbranched alkanes of at least 4 members (excludes halogenated alkanes) is 5. The van der Waals surface area contributed by atoms with Crippen LogP contribution in [0.3, 0.4) is 0 Å². The van der Waals surface area contributed by atoms with Gasteiger partial charge in [0.25, 0.3) is 0 Å². The minimum atomic E-state index is -0.224. The van der Waals surface area contributed by atoms with Gasteiger partial charge in [0.2, 0.25) is 0 Å². The van der Waals surface area contributed by atoms with Gasteiger partial charge < -0.3 is 11.5 Å². The molecular weight excluding hydrogens is 220 g/mol.